The Balaban J connectivity index is 2.24. The number of rotatable bonds is 5. The van der Waals surface area contributed by atoms with Crippen molar-refractivity contribution in [2.45, 2.75) is 31.8 Å². The molecule has 1 aromatic heterocycles. The second-order valence-corrected chi connectivity index (χ2v) is 6.03. The van der Waals surface area contributed by atoms with E-state index in [9.17, 15) is 4.39 Å². The lowest BCUT2D eigenvalue weighted by Gasteiger charge is -2.35. The van der Waals surface area contributed by atoms with Crippen molar-refractivity contribution in [3.63, 3.8) is 0 Å². The highest BCUT2D eigenvalue weighted by molar-refractivity contribution is 5.18. The van der Waals surface area contributed by atoms with E-state index >= 15 is 0 Å². The Kier molecular flexibility index (Phi) is 6.08. The van der Waals surface area contributed by atoms with E-state index in [1.807, 2.05) is 0 Å². The van der Waals surface area contributed by atoms with Crippen LogP contribution in [0.3, 0.4) is 0 Å². The predicted molar refractivity (Wildman–Crippen MR) is 83.8 cm³/mol. The summed E-state index contributed by atoms with van der Waals surface area (Å²) in [5.41, 5.74) is 0.940. The molecular weight excluding hydrogens is 267 g/mol. The van der Waals surface area contributed by atoms with E-state index in [0.29, 0.717) is 6.04 Å². The quantitative estimate of drug-likeness (QED) is 0.899. The van der Waals surface area contributed by atoms with Crippen molar-refractivity contribution in [3.8, 4) is 0 Å². The maximum Gasteiger partial charge on any atom is 0.141 e. The average Bonchev–Trinajstić information content (AvgIpc) is 2.61. The summed E-state index contributed by atoms with van der Waals surface area (Å²) in [6.07, 6.45) is 5.29. The molecule has 0 aliphatic carbocycles. The van der Waals surface area contributed by atoms with E-state index in [-0.39, 0.29) is 11.9 Å². The Labute approximate surface area is 127 Å². The first-order valence-corrected chi connectivity index (χ1v) is 7.84. The molecule has 2 atom stereocenters. The molecule has 5 heteroatoms. The largest absolute Gasteiger partial charge is 0.309 e. The summed E-state index contributed by atoms with van der Waals surface area (Å²) in [6.45, 7) is 6.24. The number of hydrogen-bond donors (Lipinski definition) is 1. The third kappa shape index (κ3) is 4.46. The van der Waals surface area contributed by atoms with Gasteiger partial charge >= 0.3 is 0 Å². The maximum absolute atomic E-state index is 13.6. The fourth-order valence-electron chi connectivity index (χ4n) is 3.04. The van der Waals surface area contributed by atoms with Crippen molar-refractivity contribution in [3.05, 3.63) is 29.8 Å². The van der Waals surface area contributed by atoms with Crippen LogP contribution in [0.4, 0.5) is 4.39 Å². The van der Waals surface area contributed by atoms with Crippen LogP contribution < -0.4 is 5.32 Å². The molecule has 1 saturated heterocycles. The molecule has 1 aliphatic rings. The molecule has 0 amide bonds. The predicted octanol–water partition coefficient (Wildman–Crippen LogP) is 1.90. The van der Waals surface area contributed by atoms with Crippen LogP contribution in [0.1, 0.15) is 31.4 Å². The molecule has 1 aromatic rings. The lowest BCUT2D eigenvalue weighted by Crippen LogP contribution is -2.47. The van der Waals surface area contributed by atoms with Crippen LogP contribution in [-0.2, 0) is 0 Å². The molecule has 2 unspecified atom stereocenters. The Hall–Kier alpha value is -1.04. The van der Waals surface area contributed by atoms with Gasteiger partial charge in [0.2, 0.25) is 0 Å². The monoisotopic (exact) mass is 294 g/mol. The standard InChI is InChI=1S/C16H27FN4/c1-4-6-19-16(13-9-14(17)11-18-10-13)15-12-20(2)7-5-8-21(15)3/h9-11,15-16,19H,4-8,12H2,1-3H3. The first kappa shape index (κ1) is 16.3. The smallest absolute Gasteiger partial charge is 0.141 e. The Morgan fingerprint density at radius 1 is 1.38 bits per heavy atom. The van der Waals surface area contributed by atoms with E-state index in [0.717, 1.165) is 38.2 Å². The minimum absolute atomic E-state index is 0.110. The third-order valence-electron chi connectivity index (χ3n) is 4.20. The summed E-state index contributed by atoms with van der Waals surface area (Å²) < 4.78 is 13.6. The fourth-order valence-corrected chi connectivity index (χ4v) is 3.04. The third-order valence-corrected chi connectivity index (χ3v) is 4.20. The number of pyridine rings is 1. The van der Waals surface area contributed by atoms with Gasteiger partial charge in [0.05, 0.1) is 12.2 Å². The molecule has 4 nitrogen and oxygen atoms in total. The van der Waals surface area contributed by atoms with Crippen molar-refractivity contribution in [2.75, 3.05) is 40.3 Å². The molecule has 21 heavy (non-hydrogen) atoms. The van der Waals surface area contributed by atoms with Crippen molar-refractivity contribution >= 4 is 0 Å². The normalized spacial score (nSPS) is 23.0. The highest BCUT2D eigenvalue weighted by Gasteiger charge is 2.29. The average molecular weight is 294 g/mol. The second-order valence-electron chi connectivity index (χ2n) is 6.03. The van der Waals surface area contributed by atoms with E-state index < -0.39 is 0 Å². The first-order chi connectivity index (χ1) is 10.1. The minimum atomic E-state index is -0.263. The van der Waals surface area contributed by atoms with Crippen LogP contribution in [0.25, 0.3) is 0 Å². The van der Waals surface area contributed by atoms with Gasteiger partial charge in [0.1, 0.15) is 5.82 Å². The molecule has 1 aliphatic heterocycles. The van der Waals surface area contributed by atoms with Gasteiger partial charge in [-0.05, 0) is 58.2 Å². The van der Waals surface area contributed by atoms with E-state index in [1.54, 1.807) is 12.3 Å². The van der Waals surface area contributed by atoms with Crippen LogP contribution in [0, 0.1) is 5.82 Å². The zero-order chi connectivity index (χ0) is 15.2. The topological polar surface area (TPSA) is 31.4 Å². The van der Waals surface area contributed by atoms with Crippen molar-refractivity contribution in [1.29, 1.82) is 0 Å². The zero-order valence-electron chi connectivity index (χ0n) is 13.3. The van der Waals surface area contributed by atoms with Crippen LogP contribution >= 0.6 is 0 Å². The summed E-state index contributed by atoms with van der Waals surface area (Å²) >= 11 is 0. The van der Waals surface area contributed by atoms with E-state index in [2.05, 4.69) is 41.1 Å². The number of nitrogens with one attached hydrogen (secondary N) is 1. The highest BCUT2D eigenvalue weighted by Crippen LogP contribution is 2.23. The van der Waals surface area contributed by atoms with Crippen molar-refractivity contribution in [2.24, 2.45) is 0 Å². The van der Waals surface area contributed by atoms with Crippen LogP contribution in [0.15, 0.2) is 18.5 Å². The number of hydrogen-bond acceptors (Lipinski definition) is 4. The van der Waals surface area contributed by atoms with Gasteiger partial charge in [0, 0.05) is 18.8 Å². The molecule has 0 saturated carbocycles. The fraction of sp³-hybridized carbons (Fsp3) is 0.688. The van der Waals surface area contributed by atoms with Gasteiger partial charge in [-0.15, -0.1) is 0 Å². The summed E-state index contributed by atoms with van der Waals surface area (Å²) in [7, 11) is 4.32. The van der Waals surface area contributed by atoms with Crippen molar-refractivity contribution in [1.82, 2.24) is 20.1 Å². The Morgan fingerprint density at radius 3 is 2.90 bits per heavy atom. The number of halogens is 1. The first-order valence-electron chi connectivity index (χ1n) is 7.84. The molecule has 1 N–H and O–H groups in total. The van der Waals surface area contributed by atoms with Gasteiger partial charge in [-0.3, -0.25) is 4.98 Å². The van der Waals surface area contributed by atoms with Gasteiger partial charge in [-0.2, -0.15) is 0 Å². The zero-order valence-corrected chi connectivity index (χ0v) is 13.3. The van der Waals surface area contributed by atoms with Gasteiger partial charge < -0.3 is 15.1 Å². The van der Waals surface area contributed by atoms with E-state index in [4.69, 9.17) is 0 Å². The summed E-state index contributed by atoms with van der Waals surface area (Å²) in [6, 6.07) is 2.05. The summed E-state index contributed by atoms with van der Waals surface area (Å²) in [5.74, 6) is -0.263. The number of aromatic nitrogens is 1. The van der Waals surface area contributed by atoms with Crippen LogP contribution in [0.2, 0.25) is 0 Å². The molecule has 0 radical (unpaired) electrons. The van der Waals surface area contributed by atoms with Gasteiger partial charge in [-0.25, -0.2) is 4.39 Å². The minimum Gasteiger partial charge on any atom is -0.309 e. The second kappa shape index (κ2) is 7.82. The number of likely N-dealkylation sites (N-methyl/N-ethyl adjacent to an activating group) is 2. The van der Waals surface area contributed by atoms with Gasteiger partial charge in [0.25, 0.3) is 0 Å². The molecule has 0 aromatic carbocycles. The lowest BCUT2D eigenvalue weighted by molar-refractivity contribution is 0.178. The summed E-state index contributed by atoms with van der Waals surface area (Å²) in [5, 5.41) is 3.59. The number of nitrogens with zero attached hydrogens (tertiary/aromatic N) is 3. The van der Waals surface area contributed by atoms with Gasteiger partial charge in [-0.1, -0.05) is 6.92 Å². The van der Waals surface area contributed by atoms with Crippen molar-refractivity contribution < 1.29 is 4.39 Å². The Bertz CT molecular complexity index is 440. The molecular formula is C16H27FN4. The summed E-state index contributed by atoms with van der Waals surface area (Å²) in [4.78, 5) is 8.78. The molecule has 2 heterocycles. The highest BCUT2D eigenvalue weighted by atomic mass is 19.1. The van der Waals surface area contributed by atoms with E-state index in [1.165, 1.54) is 12.6 Å². The molecule has 0 bridgehead atoms. The lowest BCUT2D eigenvalue weighted by atomic mass is 9.99. The molecule has 2 rings (SSSR count). The molecule has 0 spiro atoms. The van der Waals surface area contributed by atoms with Crippen LogP contribution in [0.5, 0.6) is 0 Å². The van der Waals surface area contributed by atoms with Gasteiger partial charge in [0.15, 0.2) is 0 Å². The molecule has 1 fully saturated rings. The van der Waals surface area contributed by atoms with Crippen LogP contribution in [-0.4, -0.2) is 61.1 Å². The maximum atomic E-state index is 13.6. The SMILES string of the molecule is CCCNC(c1cncc(F)c1)C1CN(C)CCCN1C. The Morgan fingerprint density at radius 2 is 2.19 bits per heavy atom. The molecule has 118 valence electrons.